The van der Waals surface area contributed by atoms with Crippen molar-refractivity contribution in [1.29, 1.82) is 0 Å². The molecule has 8 heteroatoms. The SMILES string of the molecule is O=C(NCCc1ccc(F)cc1)C1Cc2ccccc2CN1C(=O)CCCn1cncn1. The van der Waals surface area contributed by atoms with E-state index in [0.29, 0.717) is 45.3 Å². The summed E-state index contributed by atoms with van der Waals surface area (Å²) in [5.41, 5.74) is 3.12. The van der Waals surface area contributed by atoms with Crippen LogP contribution in [0.4, 0.5) is 4.39 Å². The van der Waals surface area contributed by atoms with Crippen molar-refractivity contribution in [2.24, 2.45) is 0 Å². The Morgan fingerprint density at radius 3 is 2.62 bits per heavy atom. The minimum absolute atomic E-state index is 0.0432. The molecule has 0 bridgehead atoms. The summed E-state index contributed by atoms with van der Waals surface area (Å²) in [7, 11) is 0. The molecule has 0 radical (unpaired) electrons. The number of hydrogen-bond acceptors (Lipinski definition) is 4. The normalized spacial score (nSPS) is 15.3. The standard InChI is InChI=1S/C24H26FN5O2/c25-21-9-7-18(8-10-21)11-12-27-24(32)22-14-19-4-1-2-5-20(19)15-30(22)23(31)6-3-13-29-17-26-16-28-29/h1-2,4-5,7-10,16-17,22H,3,6,11-15H2,(H,27,32). The molecule has 0 saturated carbocycles. The monoisotopic (exact) mass is 435 g/mol. The van der Waals surface area contributed by atoms with E-state index in [1.165, 1.54) is 18.5 Å². The third kappa shape index (κ3) is 5.38. The van der Waals surface area contributed by atoms with Crippen LogP contribution in [0.3, 0.4) is 0 Å². The van der Waals surface area contributed by atoms with Gasteiger partial charge in [-0.15, -0.1) is 0 Å². The van der Waals surface area contributed by atoms with Crippen LogP contribution in [0.25, 0.3) is 0 Å². The summed E-state index contributed by atoms with van der Waals surface area (Å²) in [6, 6.07) is 13.6. The predicted octanol–water partition coefficient (Wildman–Crippen LogP) is 2.51. The zero-order valence-electron chi connectivity index (χ0n) is 17.8. The van der Waals surface area contributed by atoms with Gasteiger partial charge in [0.2, 0.25) is 11.8 Å². The van der Waals surface area contributed by atoms with Gasteiger partial charge in [-0.25, -0.2) is 9.37 Å². The average Bonchev–Trinajstić information content (AvgIpc) is 3.33. The van der Waals surface area contributed by atoms with Gasteiger partial charge in [-0.1, -0.05) is 36.4 Å². The van der Waals surface area contributed by atoms with E-state index in [1.54, 1.807) is 28.0 Å². The molecule has 1 aliphatic heterocycles. The van der Waals surface area contributed by atoms with Gasteiger partial charge in [0.1, 0.15) is 24.5 Å². The van der Waals surface area contributed by atoms with Crippen molar-refractivity contribution in [2.75, 3.05) is 6.54 Å². The Morgan fingerprint density at radius 2 is 1.88 bits per heavy atom. The number of amides is 2. The van der Waals surface area contributed by atoms with Crippen LogP contribution in [0.15, 0.2) is 61.2 Å². The molecule has 7 nitrogen and oxygen atoms in total. The smallest absolute Gasteiger partial charge is 0.243 e. The minimum Gasteiger partial charge on any atom is -0.354 e. The largest absolute Gasteiger partial charge is 0.354 e. The molecule has 0 spiro atoms. The lowest BCUT2D eigenvalue weighted by Crippen LogP contribution is -2.52. The maximum absolute atomic E-state index is 13.1. The van der Waals surface area contributed by atoms with Crippen LogP contribution in [0.2, 0.25) is 0 Å². The second-order valence-electron chi connectivity index (χ2n) is 7.94. The Balaban J connectivity index is 1.38. The van der Waals surface area contributed by atoms with E-state index >= 15 is 0 Å². The topological polar surface area (TPSA) is 80.1 Å². The molecule has 166 valence electrons. The molecule has 32 heavy (non-hydrogen) atoms. The van der Waals surface area contributed by atoms with Gasteiger partial charge in [-0.3, -0.25) is 14.3 Å². The molecule has 2 aromatic carbocycles. The number of nitrogens with zero attached hydrogens (tertiary/aromatic N) is 4. The van der Waals surface area contributed by atoms with Crippen LogP contribution in [-0.4, -0.2) is 44.1 Å². The molecule has 3 aromatic rings. The summed E-state index contributed by atoms with van der Waals surface area (Å²) in [6.45, 7) is 1.45. The molecule has 1 N–H and O–H groups in total. The zero-order valence-corrected chi connectivity index (χ0v) is 17.8. The summed E-state index contributed by atoms with van der Waals surface area (Å²) >= 11 is 0. The van der Waals surface area contributed by atoms with E-state index in [0.717, 1.165) is 16.7 Å². The lowest BCUT2D eigenvalue weighted by Gasteiger charge is -2.36. The van der Waals surface area contributed by atoms with Gasteiger partial charge in [0.15, 0.2) is 0 Å². The van der Waals surface area contributed by atoms with Crippen LogP contribution < -0.4 is 5.32 Å². The fourth-order valence-electron chi connectivity index (χ4n) is 4.00. The third-order valence-corrected chi connectivity index (χ3v) is 5.74. The average molecular weight is 436 g/mol. The first kappa shape index (κ1) is 21.7. The molecule has 0 saturated heterocycles. The number of fused-ring (bicyclic) bond motifs is 1. The molecular weight excluding hydrogens is 409 g/mol. The number of carbonyl (C=O) groups is 2. The van der Waals surface area contributed by atoms with Crippen molar-refractivity contribution in [3.05, 3.63) is 83.7 Å². The van der Waals surface area contributed by atoms with Gasteiger partial charge in [-0.2, -0.15) is 5.10 Å². The molecule has 2 amide bonds. The number of aromatic nitrogens is 3. The molecule has 0 aliphatic carbocycles. The van der Waals surface area contributed by atoms with Gasteiger partial charge in [0.05, 0.1) is 0 Å². The van der Waals surface area contributed by atoms with E-state index < -0.39 is 6.04 Å². The highest BCUT2D eigenvalue weighted by Gasteiger charge is 2.34. The molecule has 0 fully saturated rings. The number of hydrogen-bond donors (Lipinski definition) is 1. The van der Waals surface area contributed by atoms with Gasteiger partial charge in [0.25, 0.3) is 0 Å². The Morgan fingerprint density at radius 1 is 1.09 bits per heavy atom. The first-order valence-electron chi connectivity index (χ1n) is 10.8. The van der Waals surface area contributed by atoms with Crippen LogP contribution in [0, 0.1) is 5.82 Å². The second-order valence-corrected chi connectivity index (χ2v) is 7.94. The number of nitrogens with one attached hydrogen (secondary N) is 1. The summed E-state index contributed by atoms with van der Waals surface area (Å²) < 4.78 is 14.8. The Labute approximate surface area is 186 Å². The van der Waals surface area contributed by atoms with Crippen molar-refractivity contribution >= 4 is 11.8 Å². The van der Waals surface area contributed by atoms with Crippen molar-refractivity contribution in [3.63, 3.8) is 0 Å². The van der Waals surface area contributed by atoms with Crippen LogP contribution in [-0.2, 0) is 35.5 Å². The second kappa shape index (κ2) is 10.2. The maximum atomic E-state index is 13.1. The Bertz CT molecular complexity index is 1050. The summed E-state index contributed by atoms with van der Waals surface area (Å²) in [5, 5.41) is 7.02. The Hall–Kier alpha value is -3.55. The van der Waals surface area contributed by atoms with Crippen LogP contribution in [0.5, 0.6) is 0 Å². The van der Waals surface area contributed by atoms with E-state index in [2.05, 4.69) is 15.4 Å². The Kier molecular flexibility index (Phi) is 6.89. The molecule has 1 atom stereocenters. The van der Waals surface area contributed by atoms with Crippen molar-refractivity contribution in [2.45, 2.75) is 44.8 Å². The molecule has 4 rings (SSSR count). The third-order valence-electron chi connectivity index (χ3n) is 5.74. The number of carbonyl (C=O) groups excluding carboxylic acids is 2. The molecular formula is C24H26FN5O2. The van der Waals surface area contributed by atoms with E-state index in [9.17, 15) is 14.0 Å². The highest BCUT2D eigenvalue weighted by molar-refractivity contribution is 5.88. The minimum atomic E-state index is -0.544. The quantitative estimate of drug-likeness (QED) is 0.590. The number of rotatable bonds is 8. The van der Waals surface area contributed by atoms with Crippen LogP contribution in [0.1, 0.15) is 29.5 Å². The summed E-state index contributed by atoms with van der Waals surface area (Å²) in [4.78, 5) is 31.7. The lowest BCUT2D eigenvalue weighted by molar-refractivity contribution is -0.142. The highest BCUT2D eigenvalue weighted by atomic mass is 19.1. The molecule has 1 unspecified atom stereocenters. The zero-order chi connectivity index (χ0) is 22.3. The molecule has 1 aromatic heterocycles. The van der Waals surface area contributed by atoms with Gasteiger partial charge in [0, 0.05) is 32.5 Å². The van der Waals surface area contributed by atoms with E-state index in [1.807, 2.05) is 24.3 Å². The first-order chi connectivity index (χ1) is 15.6. The molecule has 1 aliphatic rings. The van der Waals surface area contributed by atoms with Gasteiger partial charge < -0.3 is 10.2 Å². The number of halogens is 1. The maximum Gasteiger partial charge on any atom is 0.243 e. The lowest BCUT2D eigenvalue weighted by atomic mass is 9.93. The summed E-state index contributed by atoms with van der Waals surface area (Å²) in [6.07, 6.45) is 5.14. The fraction of sp³-hybridized carbons (Fsp3) is 0.333. The predicted molar refractivity (Wildman–Crippen MR) is 117 cm³/mol. The van der Waals surface area contributed by atoms with Gasteiger partial charge >= 0.3 is 0 Å². The van der Waals surface area contributed by atoms with Crippen molar-refractivity contribution < 1.29 is 14.0 Å². The number of aryl methyl sites for hydroxylation is 1. The van der Waals surface area contributed by atoms with Crippen molar-refractivity contribution in [3.8, 4) is 0 Å². The molecule has 2 heterocycles. The van der Waals surface area contributed by atoms with Gasteiger partial charge in [-0.05, 0) is 41.7 Å². The van der Waals surface area contributed by atoms with Crippen molar-refractivity contribution in [1.82, 2.24) is 25.0 Å². The highest BCUT2D eigenvalue weighted by Crippen LogP contribution is 2.24. The number of benzene rings is 2. The van der Waals surface area contributed by atoms with Crippen LogP contribution >= 0.6 is 0 Å². The fourth-order valence-corrected chi connectivity index (χ4v) is 4.00. The van der Waals surface area contributed by atoms with E-state index in [4.69, 9.17) is 0 Å². The van der Waals surface area contributed by atoms with E-state index in [-0.39, 0.29) is 17.6 Å². The first-order valence-corrected chi connectivity index (χ1v) is 10.8. The summed E-state index contributed by atoms with van der Waals surface area (Å²) in [5.74, 6) is -0.485.